The summed E-state index contributed by atoms with van der Waals surface area (Å²) in [5.41, 5.74) is 3.23. The summed E-state index contributed by atoms with van der Waals surface area (Å²) >= 11 is 12.3. The number of aryl methyl sites for hydroxylation is 1. The molecule has 180 valence electrons. The molecule has 2 unspecified atom stereocenters. The zero-order valence-electron chi connectivity index (χ0n) is 20.3. The number of hydrogen-bond acceptors (Lipinski definition) is 2. The van der Waals surface area contributed by atoms with Gasteiger partial charge < -0.3 is 10.2 Å². The second-order valence-corrected chi connectivity index (χ2v) is 9.72. The molecule has 2 amide bonds. The van der Waals surface area contributed by atoms with E-state index in [2.05, 4.69) is 43.4 Å². The van der Waals surface area contributed by atoms with Crippen molar-refractivity contribution in [1.82, 2.24) is 10.2 Å². The van der Waals surface area contributed by atoms with Gasteiger partial charge in [-0.05, 0) is 60.9 Å². The summed E-state index contributed by atoms with van der Waals surface area (Å²) in [5, 5.41) is 3.93. The van der Waals surface area contributed by atoms with Gasteiger partial charge in [-0.15, -0.1) is 0 Å². The highest BCUT2D eigenvalue weighted by atomic mass is 35.5. The summed E-state index contributed by atoms with van der Waals surface area (Å²) in [4.78, 5) is 28.1. The molecule has 0 saturated carbocycles. The second-order valence-electron chi connectivity index (χ2n) is 8.91. The van der Waals surface area contributed by atoms with E-state index in [0.29, 0.717) is 41.8 Å². The Morgan fingerprint density at radius 1 is 0.909 bits per heavy atom. The van der Waals surface area contributed by atoms with Gasteiger partial charge in [-0.1, -0.05) is 81.2 Å². The highest BCUT2D eigenvalue weighted by Gasteiger charge is 2.29. The van der Waals surface area contributed by atoms with Crippen molar-refractivity contribution in [3.05, 3.63) is 69.2 Å². The van der Waals surface area contributed by atoms with Crippen molar-refractivity contribution < 1.29 is 9.59 Å². The maximum atomic E-state index is 13.4. The molecule has 4 nitrogen and oxygen atoms in total. The van der Waals surface area contributed by atoms with Crippen LogP contribution < -0.4 is 5.32 Å². The van der Waals surface area contributed by atoms with Gasteiger partial charge in [0.05, 0.1) is 10.0 Å². The summed E-state index contributed by atoms with van der Waals surface area (Å²) in [5.74, 6) is 0.290. The third-order valence-electron chi connectivity index (χ3n) is 6.00. The van der Waals surface area contributed by atoms with Gasteiger partial charge in [0.25, 0.3) is 0 Å². The fourth-order valence-corrected chi connectivity index (χ4v) is 3.98. The molecular weight excluding hydrogens is 455 g/mol. The quantitative estimate of drug-likeness (QED) is 0.377. The van der Waals surface area contributed by atoms with Crippen LogP contribution in [0, 0.1) is 0 Å². The molecule has 0 aliphatic heterocycles. The first-order chi connectivity index (χ1) is 15.7. The Kier molecular flexibility index (Phi) is 10.7. The molecule has 33 heavy (non-hydrogen) atoms. The van der Waals surface area contributed by atoms with Crippen LogP contribution in [0.15, 0.2) is 42.5 Å². The number of carbonyl (C=O) groups is 2. The molecule has 2 rings (SSSR count). The minimum Gasteiger partial charge on any atom is -0.352 e. The number of amides is 2. The number of carbonyl (C=O) groups excluding carboxylic acids is 2. The minimum atomic E-state index is -0.552. The van der Waals surface area contributed by atoms with Crippen LogP contribution in [-0.4, -0.2) is 28.8 Å². The molecule has 0 aromatic heterocycles. The van der Waals surface area contributed by atoms with Gasteiger partial charge in [0.15, 0.2) is 0 Å². The number of nitrogens with one attached hydrogen (secondary N) is 1. The Hall–Kier alpha value is -2.04. The minimum absolute atomic E-state index is 0.0490. The molecule has 0 bridgehead atoms. The Morgan fingerprint density at radius 2 is 1.55 bits per heavy atom. The third kappa shape index (κ3) is 8.04. The smallest absolute Gasteiger partial charge is 0.243 e. The molecule has 0 aliphatic rings. The summed E-state index contributed by atoms with van der Waals surface area (Å²) in [7, 11) is 0. The topological polar surface area (TPSA) is 49.4 Å². The SMILES string of the molecule is CCC(C)NC(=O)C(CC)N(Cc1ccc(Cl)c(Cl)c1)C(=O)CCc1ccc(C(C)C)cc1. The van der Waals surface area contributed by atoms with Crippen LogP contribution in [0.5, 0.6) is 0 Å². The van der Waals surface area contributed by atoms with Crippen LogP contribution in [0.1, 0.15) is 76.5 Å². The maximum absolute atomic E-state index is 13.4. The van der Waals surface area contributed by atoms with Crippen molar-refractivity contribution in [2.45, 2.75) is 84.8 Å². The molecule has 0 radical (unpaired) electrons. The molecule has 1 N–H and O–H groups in total. The highest BCUT2D eigenvalue weighted by molar-refractivity contribution is 6.42. The molecule has 0 heterocycles. The number of nitrogens with zero attached hydrogens (tertiary/aromatic N) is 1. The highest BCUT2D eigenvalue weighted by Crippen LogP contribution is 2.24. The number of hydrogen-bond donors (Lipinski definition) is 1. The molecule has 0 aliphatic carbocycles. The third-order valence-corrected chi connectivity index (χ3v) is 6.74. The standard InChI is InChI=1S/C27H36Cl2N2O2/c1-6-19(5)30-27(33)25(7-2)31(17-21-10-14-23(28)24(29)16-21)26(32)15-11-20-8-12-22(13-9-20)18(3)4/h8-10,12-14,16,18-19,25H,6-7,11,15,17H2,1-5H3,(H,30,33). The van der Waals surface area contributed by atoms with Gasteiger partial charge >= 0.3 is 0 Å². The maximum Gasteiger partial charge on any atom is 0.243 e. The lowest BCUT2D eigenvalue weighted by molar-refractivity contribution is -0.141. The van der Waals surface area contributed by atoms with E-state index < -0.39 is 6.04 Å². The lowest BCUT2D eigenvalue weighted by Crippen LogP contribution is -2.50. The first kappa shape index (κ1) is 27.2. The predicted octanol–water partition coefficient (Wildman–Crippen LogP) is 6.77. The van der Waals surface area contributed by atoms with E-state index in [0.717, 1.165) is 17.5 Å². The van der Waals surface area contributed by atoms with Crippen LogP contribution in [0.3, 0.4) is 0 Å². The molecule has 2 aromatic rings. The fraction of sp³-hybridized carbons (Fsp3) is 0.481. The normalized spacial score (nSPS) is 13.0. The second kappa shape index (κ2) is 13.0. The van der Waals surface area contributed by atoms with E-state index in [4.69, 9.17) is 23.2 Å². The summed E-state index contributed by atoms with van der Waals surface area (Å²) < 4.78 is 0. The van der Waals surface area contributed by atoms with Crippen LogP contribution >= 0.6 is 23.2 Å². The first-order valence-electron chi connectivity index (χ1n) is 11.8. The van der Waals surface area contributed by atoms with Crippen molar-refractivity contribution in [2.75, 3.05) is 0 Å². The number of halogens is 2. The Bertz CT molecular complexity index is 928. The number of rotatable bonds is 11. The molecule has 2 aromatic carbocycles. The monoisotopic (exact) mass is 490 g/mol. The number of benzene rings is 2. The summed E-state index contributed by atoms with van der Waals surface area (Å²) in [6, 6.07) is 13.2. The Balaban J connectivity index is 2.22. The van der Waals surface area contributed by atoms with Gasteiger partial charge in [-0.3, -0.25) is 9.59 Å². The Morgan fingerprint density at radius 3 is 2.09 bits per heavy atom. The van der Waals surface area contributed by atoms with Crippen molar-refractivity contribution in [2.24, 2.45) is 0 Å². The summed E-state index contributed by atoms with van der Waals surface area (Å²) in [6.07, 6.45) is 2.31. The average molecular weight is 492 g/mol. The van der Waals surface area contributed by atoms with Gasteiger partial charge in [0, 0.05) is 19.0 Å². The molecular formula is C27H36Cl2N2O2. The zero-order valence-corrected chi connectivity index (χ0v) is 21.8. The van der Waals surface area contributed by atoms with E-state index in [-0.39, 0.29) is 17.9 Å². The van der Waals surface area contributed by atoms with E-state index in [1.807, 2.05) is 26.8 Å². The van der Waals surface area contributed by atoms with E-state index in [1.165, 1.54) is 5.56 Å². The predicted molar refractivity (Wildman–Crippen MR) is 138 cm³/mol. The summed E-state index contributed by atoms with van der Waals surface area (Å²) in [6.45, 7) is 10.5. The van der Waals surface area contributed by atoms with Crippen LogP contribution in [0.2, 0.25) is 10.0 Å². The molecule has 6 heteroatoms. The zero-order chi connectivity index (χ0) is 24.5. The van der Waals surface area contributed by atoms with Crippen molar-refractivity contribution >= 4 is 35.0 Å². The average Bonchev–Trinajstić information content (AvgIpc) is 2.79. The van der Waals surface area contributed by atoms with Crippen molar-refractivity contribution in [3.8, 4) is 0 Å². The van der Waals surface area contributed by atoms with Crippen LogP contribution in [0.4, 0.5) is 0 Å². The molecule has 0 saturated heterocycles. The van der Waals surface area contributed by atoms with Crippen molar-refractivity contribution in [3.63, 3.8) is 0 Å². The molecule has 0 fully saturated rings. The van der Waals surface area contributed by atoms with Gasteiger partial charge in [0.2, 0.25) is 11.8 Å². The Labute approximate surface area is 208 Å². The molecule has 2 atom stereocenters. The van der Waals surface area contributed by atoms with Crippen LogP contribution in [-0.2, 0) is 22.6 Å². The first-order valence-corrected chi connectivity index (χ1v) is 12.5. The van der Waals surface area contributed by atoms with E-state index in [9.17, 15) is 9.59 Å². The lowest BCUT2D eigenvalue weighted by atomic mass is 10.00. The fourth-order valence-electron chi connectivity index (χ4n) is 3.66. The van der Waals surface area contributed by atoms with Gasteiger partial charge in [-0.2, -0.15) is 0 Å². The lowest BCUT2D eigenvalue weighted by Gasteiger charge is -2.31. The van der Waals surface area contributed by atoms with Gasteiger partial charge in [-0.25, -0.2) is 0 Å². The van der Waals surface area contributed by atoms with E-state index in [1.54, 1.807) is 17.0 Å². The van der Waals surface area contributed by atoms with E-state index >= 15 is 0 Å². The van der Waals surface area contributed by atoms with Crippen LogP contribution in [0.25, 0.3) is 0 Å². The van der Waals surface area contributed by atoms with Crippen molar-refractivity contribution in [1.29, 1.82) is 0 Å². The largest absolute Gasteiger partial charge is 0.352 e. The molecule has 0 spiro atoms. The van der Waals surface area contributed by atoms with Gasteiger partial charge in [0.1, 0.15) is 6.04 Å².